The van der Waals surface area contributed by atoms with Crippen molar-refractivity contribution >= 4 is 41.3 Å². The first kappa shape index (κ1) is 21.9. The molecule has 0 aliphatic heterocycles. The van der Waals surface area contributed by atoms with Crippen LogP contribution >= 0.6 is 35.3 Å². The van der Waals surface area contributed by atoms with E-state index in [1.165, 1.54) is 17.7 Å². The highest BCUT2D eigenvalue weighted by Gasteiger charge is 2.16. The average Bonchev–Trinajstić information content (AvgIpc) is 3.25. The van der Waals surface area contributed by atoms with Gasteiger partial charge in [0, 0.05) is 30.7 Å². The molecule has 2 N–H and O–H groups in total. The van der Waals surface area contributed by atoms with Gasteiger partial charge in [-0.1, -0.05) is 6.07 Å². The minimum Gasteiger partial charge on any atom is -0.474 e. The number of pyridine rings is 1. The molecule has 0 amide bonds. The molecule has 0 aromatic carbocycles. The van der Waals surface area contributed by atoms with Gasteiger partial charge < -0.3 is 15.4 Å². The molecule has 0 radical (unpaired) electrons. The van der Waals surface area contributed by atoms with Crippen LogP contribution in [0.1, 0.15) is 46.8 Å². The lowest BCUT2D eigenvalue weighted by Crippen LogP contribution is -2.36. The lowest BCUT2D eigenvalue weighted by molar-refractivity contribution is 0.201. The number of aryl methyl sites for hydroxylation is 2. The van der Waals surface area contributed by atoms with E-state index in [2.05, 4.69) is 25.6 Å². The monoisotopic (exact) mass is 501 g/mol. The summed E-state index contributed by atoms with van der Waals surface area (Å²) < 4.78 is 5.91. The Balaban J connectivity index is 0.00000261. The topological polar surface area (TPSA) is 71.4 Å². The van der Waals surface area contributed by atoms with Crippen LogP contribution in [0.15, 0.2) is 23.3 Å². The number of aromatic nitrogens is 2. The summed E-state index contributed by atoms with van der Waals surface area (Å²) in [5, 5.41) is 7.74. The Morgan fingerprint density at radius 1 is 1.22 bits per heavy atom. The first-order chi connectivity index (χ1) is 12.6. The molecule has 1 saturated carbocycles. The van der Waals surface area contributed by atoms with Crippen molar-refractivity contribution in [2.24, 2.45) is 4.99 Å². The van der Waals surface area contributed by atoms with Crippen LogP contribution in [0.25, 0.3) is 0 Å². The fraction of sp³-hybridized carbons (Fsp3) is 0.526. The highest BCUT2D eigenvalue weighted by Crippen LogP contribution is 2.22. The Labute approximate surface area is 182 Å². The van der Waals surface area contributed by atoms with E-state index in [-0.39, 0.29) is 24.0 Å². The van der Waals surface area contributed by atoms with Gasteiger partial charge in [-0.2, -0.15) is 0 Å². The van der Waals surface area contributed by atoms with Crippen molar-refractivity contribution in [1.82, 2.24) is 20.6 Å². The standard InChI is InChI=1S/C19H27N5OS.HI/c1-13-17(26-14(2)24-13)12-23-19(20-3)22-11-15-8-9-18(21-10-15)25-16-6-4-5-7-16;/h8-10,16H,4-7,11-12H2,1-3H3,(H2,20,22,23);1H. The van der Waals surface area contributed by atoms with Gasteiger partial charge in [-0.25, -0.2) is 9.97 Å². The van der Waals surface area contributed by atoms with Crippen molar-refractivity contribution in [2.45, 2.75) is 58.7 Å². The second kappa shape index (κ2) is 10.8. The van der Waals surface area contributed by atoms with Crippen LogP contribution in [-0.4, -0.2) is 29.1 Å². The Morgan fingerprint density at radius 3 is 2.56 bits per heavy atom. The molecule has 0 bridgehead atoms. The minimum absolute atomic E-state index is 0. The Morgan fingerprint density at radius 2 is 1.96 bits per heavy atom. The largest absolute Gasteiger partial charge is 0.474 e. The number of nitrogens with zero attached hydrogens (tertiary/aromatic N) is 3. The SMILES string of the molecule is CN=C(NCc1ccc(OC2CCCC2)nc1)NCc1sc(C)nc1C.I. The van der Waals surface area contributed by atoms with E-state index in [0.717, 1.165) is 47.5 Å². The van der Waals surface area contributed by atoms with Gasteiger partial charge in [-0.15, -0.1) is 35.3 Å². The van der Waals surface area contributed by atoms with Crippen LogP contribution < -0.4 is 15.4 Å². The Bertz CT molecular complexity index is 741. The summed E-state index contributed by atoms with van der Waals surface area (Å²) in [4.78, 5) is 14.4. The molecule has 0 unspecified atom stereocenters. The van der Waals surface area contributed by atoms with Crippen molar-refractivity contribution in [3.8, 4) is 5.88 Å². The van der Waals surface area contributed by atoms with E-state index in [9.17, 15) is 0 Å². The number of halogens is 1. The number of hydrogen-bond donors (Lipinski definition) is 2. The van der Waals surface area contributed by atoms with Gasteiger partial charge in [0.25, 0.3) is 0 Å². The van der Waals surface area contributed by atoms with Gasteiger partial charge in [0.2, 0.25) is 5.88 Å². The third-order valence-electron chi connectivity index (χ3n) is 4.49. The van der Waals surface area contributed by atoms with E-state index < -0.39 is 0 Å². The number of ether oxygens (including phenoxy) is 1. The fourth-order valence-electron chi connectivity index (χ4n) is 3.07. The summed E-state index contributed by atoms with van der Waals surface area (Å²) in [6, 6.07) is 4.00. The Hall–Kier alpha value is -1.42. The van der Waals surface area contributed by atoms with E-state index in [0.29, 0.717) is 12.6 Å². The molecule has 0 saturated heterocycles. The molecule has 6 nitrogen and oxygen atoms in total. The van der Waals surface area contributed by atoms with Crippen LogP contribution in [0.3, 0.4) is 0 Å². The second-order valence-corrected chi connectivity index (χ2v) is 7.84. The molecule has 1 aliphatic carbocycles. The number of hydrogen-bond acceptors (Lipinski definition) is 5. The lowest BCUT2D eigenvalue weighted by atomic mass is 10.3. The molecule has 27 heavy (non-hydrogen) atoms. The number of guanidine groups is 1. The quantitative estimate of drug-likeness (QED) is 0.356. The molecule has 0 spiro atoms. The molecule has 2 aromatic heterocycles. The summed E-state index contributed by atoms with van der Waals surface area (Å²) in [5.41, 5.74) is 2.18. The minimum atomic E-state index is 0. The number of aliphatic imine (C=N–C) groups is 1. The third kappa shape index (κ3) is 6.60. The zero-order chi connectivity index (χ0) is 18.4. The summed E-state index contributed by atoms with van der Waals surface area (Å²) in [6.07, 6.45) is 7.02. The van der Waals surface area contributed by atoms with Crippen LogP contribution in [0.2, 0.25) is 0 Å². The zero-order valence-electron chi connectivity index (χ0n) is 16.1. The van der Waals surface area contributed by atoms with E-state index in [1.54, 1.807) is 18.4 Å². The van der Waals surface area contributed by atoms with Crippen LogP contribution in [0.4, 0.5) is 0 Å². The van der Waals surface area contributed by atoms with Crippen molar-refractivity contribution in [1.29, 1.82) is 0 Å². The number of thiazole rings is 1. The van der Waals surface area contributed by atoms with E-state index in [1.807, 2.05) is 32.2 Å². The van der Waals surface area contributed by atoms with E-state index in [4.69, 9.17) is 4.74 Å². The first-order valence-corrected chi connectivity index (χ1v) is 9.94. The smallest absolute Gasteiger partial charge is 0.213 e. The van der Waals surface area contributed by atoms with E-state index >= 15 is 0 Å². The van der Waals surface area contributed by atoms with Gasteiger partial charge >= 0.3 is 0 Å². The van der Waals surface area contributed by atoms with Crippen molar-refractivity contribution in [3.05, 3.63) is 39.5 Å². The molecule has 2 aromatic rings. The highest BCUT2D eigenvalue weighted by molar-refractivity contribution is 14.0. The summed E-state index contributed by atoms with van der Waals surface area (Å²) in [7, 11) is 1.77. The molecule has 3 rings (SSSR count). The highest BCUT2D eigenvalue weighted by atomic mass is 127. The summed E-state index contributed by atoms with van der Waals surface area (Å²) >= 11 is 1.72. The number of rotatable bonds is 6. The molecule has 148 valence electrons. The molecule has 1 fully saturated rings. The third-order valence-corrected chi connectivity index (χ3v) is 5.56. The van der Waals surface area contributed by atoms with Crippen LogP contribution in [0, 0.1) is 13.8 Å². The molecule has 0 atom stereocenters. The summed E-state index contributed by atoms with van der Waals surface area (Å²) in [6.45, 7) is 5.46. The number of nitrogens with one attached hydrogen (secondary N) is 2. The van der Waals surface area contributed by atoms with Crippen molar-refractivity contribution in [3.63, 3.8) is 0 Å². The van der Waals surface area contributed by atoms with Crippen molar-refractivity contribution < 1.29 is 4.74 Å². The Kier molecular flexibility index (Phi) is 8.75. The predicted octanol–water partition coefficient (Wildman–Crippen LogP) is 3.96. The molecule has 2 heterocycles. The molecular formula is C19H28IN5OS. The molecule has 8 heteroatoms. The van der Waals surface area contributed by atoms with Crippen LogP contribution in [-0.2, 0) is 13.1 Å². The van der Waals surface area contributed by atoms with Gasteiger partial charge in [-0.05, 0) is 45.1 Å². The van der Waals surface area contributed by atoms with Gasteiger partial charge in [0.15, 0.2) is 5.96 Å². The van der Waals surface area contributed by atoms with Gasteiger partial charge in [-0.3, -0.25) is 4.99 Å². The predicted molar refractivity (Wildman–Crippen MR) is 121 cm³/mol. The average molecular weight is 501 g/mol. The van der Waals surface area contributed by atoms with Crippen molar-refractivity contribution in [2.75, 3.05) is 7.05 Å². The lowest BCUT2D eigenvalue weighted by Gasteiger charge is -2.13. The summed E-state index contributed by atoms with van der Waals surface area (Å²) in [5.74, 6) is 1.49. The maximum atomic E-state index is 5.91. The van der Waals surface area contributed by atoms with Gasteiger partial charge in [0.1, 0.15) is 6.10 Å². The maximum Gasteiger partial charge on any atom is 0.213 e. The molecular weight excluding hydrogens is 473 g/mol. The molecule has 1 aliphatic rings. The second-order valence-electron chi connectivity index (χ2n) is 6.55. The van der Waals surface area contributed by atoms with Crippen LogP contribution in [0.5, 0.6) is 5.88 Å². The fourth-order valence-corrected chi connectivity index (χ4v) is 3.95. The normalized spacial score (nSPS) is 14.7. The maximum absolute atomic E-state index is 5.91. The zero-order valence-corrected chi connectivity index (χ0v) is 19.3. The van der Waals surface area contributed by atoms with Gasteiger partial charge in [0.05, 0.1) is 17.2 Å². The first-order valence-electron chi connectivity index (χ1n) is 9.13.